The zero-order valence-corrected chi connectivity index (χ0v) is 20.4. The van der Waals surface area contributed by atoms with E-state index in [9.17, 15) is 18.0 Å². The summed E-state index contributed by atoms with van der Waals surface area (Å²) in [4.78, 5) is 28.0. The van der Waals surface area contributed by atoms with Crippen LogP contribution < -0.4 is 11.1 Å². The number of carbonyl (C=O) groups is 2. The third-order valence-corrected chi connectivity index (χ3v) is 8.44. The van der Waals surface area contributed by atoms with Gasteiger partial charge in [0, 0.05) is 38.6 Å². The number of aromatic nitrogens is 2. The number of carbonyl (C=O) groups excluding carboxylic acids is 2. The number of hydrogen-bond donors (Lipinski definition) is 2. The van der Waals surface area contributed by atoms with Gasteiger partial charge in [-0.05, 0) is 23.9 Å². The van der Waals surface area contributed by atoms with Crippen molar-refractivity contribution in [2.24, 2.45) is 12.8 Å². The van der Waals surface area contributed by atoms with Crippen LogP contribution in [0.5, 0.6) is 0 Å². The molecule has 10 nitrogen and oxygen atoms in total. The number of sulfonamides is 1. The largest absolute Gasteiger partial charge is 0.352 e. The fraction of sp³-hybridized carbons (Fsp3) is 0.550. The molecule has 3 N–H and O–H groups in total. The summed E-state index contributed by atoms with van der Waals surface area (Å²) < 4.78 is 29.3. The van der Waals surface area contributed by atoms with Crippen molar-refractivity contribution in [1.82, 2.24) is 24.3 Å². The maximum absolute atomic E-state index is 13.6. The van der Waals surface area contributed by atoms with Gasteiger partial charge in [-0.25, -0.2) is 8.42 Å². The third kappa shape index (κ3) is 4.72. The molecule has 3 heterocycles. The van der Waals surface area contributed by atoms with Crippen LogP contribution in [0.25, 0.3) is 0 Å². The van der Waals surface area contributed by atoms with Gasteiger partial charge in [0.15, 0.2) is 6.17 Å². The Morgan fingerprint density at radius 3 is 2.59 bits per heavy atom. The van der Waals surface area contributed by atoms with Crippen LogP contribution in [-0.4, -0.2) is 71.6 Å². The van der Waals surface area contributed by atoms with E-state index >= 15 is 0 Å². The van der Waals surface area contributed by atoms with Gasteiger partial charge in [-0.15, -0.1) is 11.3 Å². The van der Waals surface area contributed by atoms with E-state index in [1.54, 1.807) is 24.6 Å². The lowest BCUT2D eigenvalue weighted by molar-refractivity contribution is -0.130. The van der Waals surface area contributed by atoms with Crippen LogP contribution in [0.4, 0.5) is 0 Å². The Morgan fingerprint density at radius 1 is 1.31 bits per heavy atom. The lowest BCUT2D eigenvalue weighted by Crippen LogP contribution is -2.63. The minimum Gasteiger partial charge on any atom is -0.352 e. The molecule has 32 heavy (non-hydrogen) atoms. The van der Waals surface area contributed by atoms with Crippen LogP contribution in [0, 0.1) is 0 Å². The average Bonchev–Trinajstić information content (AvgIpc) is 3.41. The molecule has 176 valence electrons. The summed E-state index contributed by atoms with van der Waals surface area (Å²) >= 11 is 1.07. The van der Waals surface area contributed by atoms with Gasteiger partial charge in [-0.2, -0.15) is 9.40 Å². The molecule has 2 aromatic heterocycles. The molecule has 1 aliphatic rings. The van der Waals surface area contributed by atoms with Crippen molar-refractivity contribution < 1.29 is 18.0 Å². The lowest BCUT2D eigenvalue weighted by Gasteiger charge is -2.41. The van der Waals surface area contributed by atoms with E-state index in [0.29, 0.717) is 12.1 Å². The number of aryl methyl sites for hydroxylation is 1. The molecule has 2 aromatic rings. The summed E-state index contributed by atoms with van der Waals surface area (Å²) in [5, 5.41) is 8.75. The van der Waals surface area contributed by atoms with E-state index in [2.05, 4.69) is 10.4 Å². The summed E-state index contributed by atoms with van der Waals surface area (Å²) in [7, 11) is -2.31. The van der Waals surface area contributed by atoms with Gasteiger partial charge in [-0.3, -0.25) is 14.3 Å². The molecular formula is C20H30N6O4S2. The maximum Gasteiger partial charge on any atom is 0.273 e. The molecule has 0 spiro atoms. The van der Waals surface area contributed by atoms with Crippen molar-refractivity contribution >= 4 is 33.2 Å². The van der Waals surface area contributed by atoms with E-state index in [0.717, 1.165) is 21.3 Å². The fourth-order valence-corrected chi connectivity index (χ4v) is 6.24. The molecule has 0 saturated carbocycles. The second-order valence-electron chi connectivity index (χ2n) is 8.64. The first-order valence-corrected chi connectivity index (χ1v) is 12.7. The average molecular weight is 483 g/mol. The van der Waals surface area contributed by atoms with E-state index in [1.807, 2.05) is 20.8 Å². The molecule has 1 saturated heterocycles. The summed E-state index contributed by atoms with van der Waals surface area (Å²) in [6, 6.07) is 4.83. The van der Waals surface area contributed by atoms with Gasteiger partial charge in [0.1, 0.15) is 9.90 Å². The number of amides is 2. The number of thiophene rings is 1. The van der Waals surface area contributed by atoms with Gasteiger partial charge in [-0.1, -0.05) is 26.8 Å². The summed E-state index contributed by atoms with van der Waals surface area (Å²) in [5.74, 6) is -1.03. The SMILES string of the molecule is Cn1nc(C(C)(C)C)cc1C(=O)N1CCCN(S(=O)(=O)c2cccs2)C1C(=O)NCCN. The van der Waals surface area contributed by atoms with E-state index in [1.165, 1.54) is 15.6 Å². The van der Waals surface area contributed by atoms with Gasteiger partial charge >= 0.3 is 0 Å². The minimum atomic E-state index is -3.97. The van der Waals surface area contributed by atoms with Crippen LogP contribution >= 0.6 is 11.3 Å². The second kappa shape index (κ2) is 9.30. The molecule has 1 unspecified atom stereocenters. The molecule has 3 rings (SSSR count). The smallest absolute Gasteiger partial charge is 0.273 e. The molecule has 0 radical (unpaired) electrons. The molecule has 0 bridgehead atoms. The molecule has 1 aliphatic heterocycles. The Kier molecular flexibility index (Phi) is 7.08. The summed E-state index contributed by atoms with van der Waals surface area (Å²) in [6.07, 6.45) is -0.913. The van der Waals surface area contributed by atoms with Gasteiger partial charge in [0.05, 0.1) is 5.69 Å². The highest BCUT2D eigenvalue weighted by molar-refractivity contribution is 7.91. The number of rotatable bonds is 6. The molecule has 1 atom stereocenters. The highest BCUT2D eigenvalue weighted by Crippen LogP contribution is 2.29. The topological polar surface area (TPSA) is 131 Å². The van der Waals surface area contributed by atoms with Gasteiger partial charge in [0.25, 0.3) is 21.8 Å². The normalized spacial score (nSPS) is 18.0. The highest BCUT2D eigenvalue weighted by Gasteiger charge is 2.45. The van der Waals surface area contributed by atoms with Crippen LogP contribution in [0.15, 0.2) is 27.8 Å². The molecule has 2 amide bonds. The fourth-order valence-electron chi connectivity index (χ4n) is 3.53. The first kappa shape index (κ1) is 24.4. The Hall–Kier alpha value is -2.28. The van der Waals surface area contributed by atoms with E-state index in [-0.39, 0.29) is 35.8 Å². The quantitative estimate of drug-likeness (QED) is 0.624. The number of hydrogen-bond acceptors (Lipinski definition) is 7. The monoisotopic (exact) mass is 482 g/mol. The molecule has 0 aliphatic carbocycles. The van der Waals surface area contributed by atoms with Crippen molar-refractivity contribution in [3.05, 3.63) is 35.0 Å². The summed E-state index contributed by atoms with van der Waals surface area (Å²) in [6.45, 7) is 6.70. The van der Waals surface area contributed by atoms with Crippen molar-refractivity contribution in [1.29, 1.82) is 0 Å². The van der Waals surface area contributed by atoms with Gasteiger partial charge in [0.2, 0.25) is 0 Å². The van der Waals surface area contributed by atoms with Crippen molar-refractivity contribution in [2.45, 2.75) is 43.0 Å². The molecule has 0 aromatic carbocycles. The van der Waals surface area contributed by atoms with Crippen LogP contribution in [-0.2, 0) is 27.3 Å². The summed E-state index contributed by atoms with van der Waals surface area (Å²) in [5.41, 5.74) is 6.27. The first-order valence-electron chi connectivity index (χ1n) is 10.4. The molecule has 12 heteroatoms. The zero-order chi connectivity index (χ0) is 23.7. The van der Waals surface area contributed by atoms with Gasteiger partial charge < -0.3 is 16.0 Å². The van der Waals surface area contributed by atoms with Crippen LogP contribution in [0.1, 0.15) is 43.4 Å². The van der Waals surface area contributed by atoms with Crippen molar-refractivity contribution in [2.75, 3.05) is 26.2 Å². The maximum atomic E-state index is 13.6. The Labute approximate surface area is 192 Å². The predicted octanol–water partition coefficient (Wildman–Crippen LogP) is 0.717. The second-order valence-corrected chi connectivity index (χ2v) is 11.7. The zero-order valence-electron chi connectivity index (χ0n) is 18.7. The Morgan fingerprint density at radius 2 is 2.03 bits per heavy atom. The Balaban J connectivity index is 2.02. The number of nitrogens with zero attached hydrogens (tertiary/aromatic N) is 4. The lowest BCUT2D eigenvalue weighted by atomic mass is 9.92. The van der Waals surface area contributed by atoms with E-state index in [4.69, 9.17) is 5.73 Å². The van der Waals surface area contributed by atoms with E-state index < -0.39 is 28.0 Å². The van der Waals surface area contributed by atoms with Crippen LogP contribution in [0.2, 0.25) is 0 Å². The Bertz CT molecular complexity index is 1070. The number of nitrogens with one attached hydrogen (secondary N) is 1. The standard InChI is InChI=1S/C20H30N6O4S2/c1-20(2,3)15-13-14(24(4)23-15)19(28)25-10-6-11-26(18(25)17(27)22-9-8-21)32(29,30)16-7-5-12-31-16/h5,7,12-13,18H,6,8-11,21H2,1-4H3,(H,22,27). The third-order valence-electron chi connectivity index (χ3n) is 5.21. The predicted molar refractivity (Wildman–Crippen MR) is 122 cm³/mol. The highest BCUT2D eigenvalue weighted by atomic mass is 32.2. The molecule has 1 fully saturated rings. The van der Waals surface area contributed by atoms with Crippen LogP contribution in [0.3, 0.4) is 0 Å². The molecular weight excluding hydrogens is 452 g/mol. The van der Waals surface area contributed by atoms with Crippen molar-refractivity contribution in [3.8, 4) is 0 Å². The number of nitrogens with two attached hydrogens (primary N) is 1. The minimum absolute atomic E-state index is 0.124. The first-order chi connectivity index (χ1) is 15.0. The van der Waals surface area contributed by atoms with Crippen molar-refractivity contribution in [3.63, 3.8) is 0 Å².